The number of nitrogens with one attached hydrogen (secondary N) is 1. The average molecular weight is 247 g/mol. The van der Waals surface area contributed by atoms with Crippen molar-refractivity contribution in [1.82, 2.24) is 5.32 Å². The van der Waals surface area contributed by atoms with E-state index in [1.54, 1.807) is 0 Å². The summed E-state index contributed by atoms with van der Waals surface area (Å²) in [7, 11) is 2.05. The van der Waals surface area contributed by atoms with Crippen LogP contribution in [0.2, 0.25) is 0 Å². The Kier molecular flexibility index (Phi) is 4.19. The van der Waals surface area contributed by atoms with Gasteiger partial charge < -0.3 is 5.32 Å². The first-order chi connectivity index (χ1) is 8.26. The van der Waals surface area contributed by atoms with E-state index in [0.29, 0.717) is 6.04 Å². The zero-order valence-electron chi connectivity index (χ0n) is 10.9. The molecule has 0 saturated heterocycles. The quantitative estimate of drug-likeness (QED) is 0.839. The van der Waals surface area contributed by atoms with Crippen molar-refractivity contribution < 1.29 is 0 Å². The molecule has 1 heterocycles. The Labute approximate surface area is 108 Å². The van der Waals surface area contributed by atoms with Crippen LogP contribution in [0.1, 0.15) is 25.8 Å². The van der Waals surface area contributed by atoms with Gasteiger partial charge in [0.2, 0.25) is 0 Å². The molecule has 17 heavy (non-hydrogen) atoms. The monoisotopic (exact) mass is 247 g/mol. The van der Waals surface area contributed by atoms with Gasteiger partial charge in [0.25, 0.3) is 0 Å². The molecule has 2 heteroatoms. The van der Waals surface area contributed by atoms with E-state index in [0.717, 1.165) is 5.92 Å². The number of thiophene rings is 1. The van der Waals surface area contributed by atoms with Crippen LogP contribution in [0.15, 0.2) is 29.6 Å². The van der Waals surface area contributed by atoms with Crippen LogP contribution in [0.5, 0.6) is 0 Å². The van der Waals surface area contributed by atoms with Gasteiger partial charge in [0.15, 0.2) is 0 Å². The minimum Gasteiger partial charge on any atom is -0.317 e. The minimum atomic E-state index is 0.582. The molecule has 2 atom stereocenters. The van der Waals surface area contributed by atoms with E-state index in [1.807, 2.05) is 11.3 Å². The van der Waals surface area contributed by atoms with E-state index in [2.05, 4.69) is 55.9 Å². The van der Waals surface area contributed by atoms with Gasteiger partial charge in [0.05, 0.1) is 0 Å². The van der Waals surface area contributed by atoms with Gasteiger partial charge in [-0.1, -0.05) is 31.5 Å². The number of hydrogen-bond donors (Lipinski definition) is 1. The van der Waals surface area contributed by atoms with Crippen LogP contribution < -0.4 is 5.32 Å². The molecule has 2 rings (SSSR count). The molecule has 1 nitrogen and oxygen atoms in total. The van der Waals surface area contributed by atoms with E-state index >= 15 is 0 Å². The molecular weight excluding hydrogens is 226 g/mol. The highest BCUT2D eigenvalue weighted by molar-refractivity contribution is 7.17. The van der Waals surface area contributed by atoms with Crippen LogP contribution in [0.3, 0.4) is 0 Å². The Balaban J connectivity index is 2.22. The van der Waals surface area contributed by atoms with Crippen molar-refractivity contribution in [2.75, 3.05) is 7.05 Å². The fraction of sp³-hybridized carbons (Fsp3) is 0.467. The Morgan fingerprint density at radius 2 is 2.06 bits per heavy atom. The summed E-state index contributed by atoms with van der Waals surface area (Å²) in [5, 5.41) is 7.15. The first-order valence-electron chi connectivity index (χ1n) is 6.38. The molecule has 92 valence electrons. The third-order valence-electron chi connectivity index (χ3n) is 3.73. The molecule has 0 fully saturated rings. The molecule has 0 aliphatic carbocycles. The standard InChI is InChI=1S/C15H21NS/c1-4-12(11(2)16-3)9-13-10-17-15-8-6-5-7-14(13)15/h5-8,10-12,16H,4,9H2,1-3H3. The van der Waals surface area contributed by atoms with Crippen molar-refractivity contribution in [2.24, 2.45) is 5.92 Å². The van der Waals surface area contributed by atoms with Crippen molar-refractivity contribution in [3.63, 3.8) is 0 Å². The third kappa shape index (κ3) is 2.70. The van der Waals surface area contributed by atoms with E-state index < -0.39 is 0 Å². The average Bonchev–Trinajstić information content (AvgIpc) is 2.78. The highest BCUT2D eigenvalue weighted by Gasteiger charge is 2.16. The normalized spacial score (nSPS) is 15.0. The number of rotatable bonds is 5. The van der Waals surface area contributed by atoms with Crippen LogP contribution in [0.4, 0.5) is 0 Å². The molecule has 0 aliphatic heterocycles. The van der Waals surface area contributed by atoms with Crippen LogP contribution in [-0.4, -0.2) is 13.1 Å². The lowest BCUT2D eigenvalue weighted by molar-refractivity contribution is 0.382. The van der Waals surface area contributed by atoms with Gasteiger partial charge >= 0.3 is 0 Å². The Bertz CT molecular complexity index is 474. The van der Waals surface area contributed by atoms with Gasteiger partial charge in [0, 0.05) is 10.7 Å². The maximum absolute atomic E-state index is 3.38. The maximum Gasteiger partial charge on any atom is 0.0345 e. The van der Waals surface area contributed by atoms with Crippen LogP contribution in [0, 0.1) is 5.92 Å². The first-order valence-corrected chi connectivity index (χ1v) is 7.26. The summed E-state index contributed by atoms with van der Waals surface area (Å²) in [5.41, 5.74) is 1.51. The molecule has 0 saturated carbocycles. The van der Waals surface area contributed by atoms with Gasteiger partial charge in [-0.2, -0.15) is 0 Å². The molecule has 0 radical (unpaired) electrons. The smallest absolute Gasteiger partial charge is 0.0345 e. The van der Waals surface area contributed by atoms with Crippen LogP contribution >= 0.6 is 11.3 Å². The highest BCUT2D eigenvalue weighted by Crippen LogP contribution is 2.28. The molecular formula is C15H21NS. The van der Waals surface area contributed by atoms with E-state index in [-0.39, 0.29) is 0 Å². The molecule has 2 unspecified atom stereocenters. The summed E-state index contributed by atoms with van der Waals surface area (Å²) in [5.74, 6) is 0.720. The summed E-state index contributed by atoms with van der Waals surface area (Å²) in [6.07, 6.45) is 2.41. The zero-order chi connectivity index (χ0) is 12.3. The Morgan fingerprint density at radius 1 is 1.29 bits per heavy atom. The lowest BCUT2D eigenvalue weighted by Gasteiger charge is -2.22. The van der Waals surface area contributed by atoms with Gasteiger partial charge in [-0.15, -0.1) is 11.3 Å². The van der Waals surface area contributed by atoms with Gasteiger partial charge in [-0.25, -0.2) is 0 Å². The zero-order valence-corrected chi connectivity index (χ0v) is 11.7. The van der Waals surface area contributed by atoms with Gasteiger partial charge in [-0.3, -0.25) is 0 Å². The lowest BCUT2D eigenvalue weighted by atomic mass is 9.91. The number of fused-ring (bicyclic) bond motifs is 1. The molecule has 0 bridgehead atoms. The van der Waals surface area contributed by atoms with Crippen molar-refractivity contribution in [3.05, 3.63) is 35.2 Å². The molecule has 0 spiro atoms. The summed E-state index contributed by atoms with van der Waals surface area (Å²) < 4.78 is 1.41. The predicted molar refractivity (Wildman–Crippen MR) is 77.8 cm³/mol. The van der Waals surface area contributed by atoms with Crippen molar-refractivity contribution in [2.45, 2.75) is 32.7 Å². The molecule has 1 N–H and O–H groups in total. The second-order valence-corrected chi connectivity index (χ2v) is 5.62. The fourth-order valence-corrected chi connectivity index (χ4v) is 3.36. The Hall–Kier alpha value is -0.860. The summed E-state index contributed by atoms with van der Waals surface area (Å²) >= 11 is 1.87. The van der Waals surface area contributed by atoms with E-state index in [1.165, 1.54) is 28.5 Å². The second-order valence-electron chi connectivity index (χ2n) is 4.71. The second kappa shape index (κ2) is 5.65. The fourth-order valence-electron chi connectivity index (χ4n) is 2.38. The van der Waals surface area contributed by atoms with Crippen LogP contribution in [-0.2, 0) is 6.42 Å². The molecule has 1 aromatic heterocycles. The van der Waals surface area contributed by atoms with Crippen molar-refractivity contribution >= 4 is 21.4 Å². The van der Waals surface area contributed by atoms with Gasteiger partial charge in [-0.05, 0) is 48.7 Å². The maximum atomic E-state index is 3.38. The highest BCUT2D eigenvalue weighted by atomic mass is 32.1. The SMILES string of the molecule is CCC(Cc1csc2ccccc12)C(C)NC. The minimum absolute atomic E-state index is 0.582. The topological polar surface area (TPSA) is 12.0 Å². The predicted octanol–water partition coefficient (Wildman–Crippen LogP) is 4.08. The van der Waals surface area contributed by atoms with Crippen LogP contribution in [0.25, 0.3) is 10.1 Å². The lowest BCUT2D eigenvalue weighted by Crippen LogP contribution is -2.31. The summed E-state index contributed by atoms with van der Waals surface area (Å²) in [6.45, 7) is 4.57. The van der Waals surface area contributed by atoms with E-state index in [4.69, 9.17) is 0 Å². The number of benzene rings is 1. The van der Waals surface area contributed by atoms with E-state index in [9.17, 15) is 0 Å². The molecule has 1 aromatic carbocycles. The Morgan fingerprint density at radius 3 is 2.76 bits per heavy atom. The van der Waals surface area contributed by atoms with Crippen molar-refractivity contribution in [1.29, 1.82) is 0 Å². The van der Waals surface area contributed by atoms with Crippen molar-refractivity contribution in [3.8, 4) is 0 Å². The first kappa shape index (κ1) is 12.6. The molecule has 2 aromatic rings. The largest absolute Gasteiger partial charge is 0.317 e. The third-order valence-corrected chi connectivity index (χ3v) is 4.74. The molecule has 0 aliphatic rings. The number of hydrogen-bond acceptors (Lipinski definition) is 2. The molecule has 0 amide bonds. The summed E-state index contributed by atoms with van der Waals surface area (Å²) in [4.78, 5) is 0. The van der Waals surface area contributed by atoms with Gasteiger partial charge in [0.1, 0.15) is 0 Å². The summed E-state index contributed by atoms with van der Waals surface area (Å²) in [6, 6.07) is 9.31.